The summed E-state index contributed by atoms with van der Waals surface area (Å²) in [6.45, 7) is 0. The number of pyridine rings is 1. The standard InChI is InChI=1S/C16H11NO/c18-11-16-15-10-14(12-4-2-1-3-5-12)7-6-13(15)8-9-17-16/h1-11H. The molecule has 0 spiro atoms. The van der Waals surface area contributed by atoms with Crippen LogP contribution in [-0.4, -0.2) is 11.3 Å². The molecule has 86 valence electrons. The summed E-state index contributed by atoms with van der Waals surface area (Å²) in [6.07, 6.45) is 2.46. The van der Waals surface area contributed by atoms with Gasteiger partial charge < -0.3 is 0 Å². The van der Waals surface area contributed by atoms with Crippen molar-refractivity contribution in [2.45, 2.75) is 0 Å². The molecule has 2 nitrogen and oxygen atoms in total. The number of hydrogen-bond acceptors (Lipinski definition) is 2. The van der Waals surface area contributed by atoms with Crippen LogP contribution in [-0.2, 0) is 0 Å². The molecule has 1 heterocycles. The summed E-state index contributed by atoms with van der Waals surface area (Å²) < 4.78 is 0. The number of rotatable bonds is 2. The smallest absolute Gasteiger partial charge is 0.169 e. The van der Waals surface area contributed by atoms with Gasteiger partial charge in [-0.1, -0.05) is 42.5 Å². The van der Waals surface area contributed by atoms with Crippen molar-refractivity contribution in [1.29, 1.82) is 0 Å². The largest absolute Gasteiger partial charge is 0.296 e. The molecule has 1 aromatic heterocycles. The molecular formula is C16H11NO. The Morgan fingerprint density at radius 1 is 0.889 bits per heavy atom. The van der Waals surface area contributed by atoms with Crippen molar-refractivity contribution < 1.29 is 4.79 Å². The number of carbonyl (C=O) groups is 1. The Morgan fingerprint density at radius 2 is 1.72 bits per heavy atom. The van der Waals surface area contributed by atoms with Crippen molar-refractivity contribution in [3.8, 4) is 11.1 Å². The van der Waals surface area contributed by atoms with Gasteiger partial charge in [0.25, 0.3) is 0 Å². The topological polar surface area (TPSA) is 30.0 Å². The van der Waals surface area contributed by atoms with E-state index in [0.717, 1.165) is 28.2 Å². The predicted octanol–water partition coefficient (Wildman–Crippen LogP) is 3.71. The first-order valence-corrected chi connectivity index (χ1v) is 5.78. The van der Waals surface area contributed by atoms with Crippen molar-refractivity contribution in [1.82, 2.24) is 4.98 Å². The average molecular weight is 233 g/mol. The van der Waals surface area contributed by atoms with Crippen LogP contribution in [0.2, 0.25) is 0 Å². The third-order valence-electron chi connectivity index (χ3n) is 3.02. The van der Waals surface area contributed by atoms with E-state index in [9.17, 15) is 4.79 Å². The average Bonchev–Trinajstić information content (AvgIpc) is 2.47. The van der Waals surface area contributed by atoms with Crippen LogP contribution < -0.4 is 0 Å². The molecule has 0 fully saturated rings. The van der Waals surface area contributed by atoms with E-state index >= 15 is 0 Å². The maximum Gasteiger partial charge on any atom is 0.169 e. The number of benzene rings is 2. The normalized spacial score (nSPS) is 10.4. The second kappa shape index (κ2) is 4.41. The number of aromatic nitrogens is 1. The second-order valence-electron chi connectivity index (χ2n) is 4.12. The lowest BCUT2D eigenvalue weighted by Gasteiger charge is -2.05. The molecule has 3 aromatic rings. The number of fused-ring (bicyclic) bond motifs is 1. The van der Waals surface area contributed by atoms with Gasteiger partial charge in [-0.15, -0.1) is 0 Å². The highest BCUT2D eigenvalue weighted by molar-refractivity contribution is 5.98. The van der Waals surface area contributed by atoms with Gasteiger partial charge in [0.2, 0.25) is 0 Å². The first-order valence-electron chi connectivity index (χ1n) is 5.78. The minimum Gasteiger partial charge on any atom is -0.296 e. The van der Waals surface area contributed by atoms with Crippen LogP contribution in [0.4, 0.5) is 0 Å². The van der Waals surface area contributed by atoms with Gasteiger partial charge in [0.15, 0.2) is 6.29 Å². The molecule has 2 aromatic carbocycles. The Kier molecular flexibility index (Phi) is 2.61. The fourth-order valence-corrected chi connectivity index (χ4v) is 2.09. The Bertz CT molecular complexity index is 705. The number of carbonyl (C=O) groups excluding carboxylic acids is 1. The Morgan fingerprint density at radius 3 is 2.50 bits per heavy atom. The monoisotopic (exact) mass is 233 g/mol. The zero-order valence-corrected chi connectivity index (χ0v) is 9.71. The lowest BCUT2D eigenvalue weighted by Crippen LogP contribution is -1.88. The van der Waals surface area contributed by atoms with E-state index in [-0.39, 0.29) is 0 Å². The first kappa shape index (κ1) is 10.7. The molecule has 0 aliphatic rings. The van der Waals surface area contributed by atoms with Crippen molar-refractivity contribution in [2.24, 2.45) is 0 Å². The van der Waals surface area contributed by atoms with Crippen LogP contribution in [0.15, 0.2) is 60.8 Å². The van der Waals surface area contributed by atoms with E-state index in [1.165, 1.54) is 0 Å². The summed E-state index contributed by atoms with van der Waals surface area (Å²) in [7, 11) is 0. The zero-order chi connectivity index (χ0) is 12.4. The maximum absolute atomic E-state index is 11.0. The number of nitrogens with zero attached hydrogens (tertiary/aromatic N) is 1. The van der Waals surface area contributed by atoms with E-state index < -0.39 is 0 Å². The minimum atomic E-state index is 0.491. The van der Waals surface area contributed by atoms with Gasteiger partial charge in [-0.05, 0) is 28.6 Å². The molecule has 0 saturated heterocycles. The highest BCUT2D eigenvalue weighted by atomic mass is 16.1. The van der Waals surface area contributed by atoms with Crippen molar-refractivity contribution in [3.05, 3.63) is 66.5 Å². The van der Waals surface area contributed by atoms with Gasteiger partial charge in [0.1, 0.15) is 5.69 Å². The summed E-state index contributed by atoms with van der Waals surface area (Å²) in [4.78, 5) is 15.1. The maximum atomic E-state index is 11.0. The molecular weight excluding hydrogens is 222 g/mol. The number of hydrogen-bond donors (Lipinski definition) is 0. The second-order valence-corrected chi connectivity index (χ2v) is 4.12. The van der Waals surface area contributed by atoms with Crippen molar-refractivity contribution >= 4 is 17.1 Å². The fraction of sp³-hybridized carbons (Fsp3) is 0. The van der Waals surface area contributed by atoms with Gasteiger partial charge in [0.05, 0.1) is 0 Å². The van der Waals surface area contributed by atoms with E-state index in [2.05, 4.69) is 23.2 Å². The Hall–Kier alpha value is -2.48. The Balaban J connectivity index is 2.25. The van der Waals surface area contributed by atoms with E-state index in [1.807, 2.05) is 36.4 Å². The zero-order valence-electron chi connectivity index (χ0n) is 9.71. The van der Waals surface area contributed by atoms with Crippen LogP contribution in [0.3, 0.4) is 0 Å². The molecule has 18 heavy (non-hydrogen) atoms. The van der Waals surface area contributed by atoms with Gasteiger partial charge in [0, 0.05) is 11.6 Å². The summed E-state index contributed by atoms with van der Waals surface area (Å²) in [5.74, 6) is 0. The van der Waals surface area contributed by atoms with Crippen LogP contribution in [0.5, 0.6) is 0 Å². The van der Waals surface area contributed by atoms with Crippen LogP contribution in [0, 0.1) is 0 Å². The van der Waals surface area contributed by atoms with Gasteiger partial charge >= 0.3 is 0 Å². The minimum absolute atomic E-state index is 0.491. The molecule has 0 N–H and O–H groups in total. The summed E-state index contributed by atoms with van der Waals surface area (Å²) in [6, 6.07) is 18.1. The van der Waals surface area contributed by atoms with Crippen LogP contribution >= 0.6 is 0 Å². The summed E-state index contributed by atoms with van der Waals surface area (Å²) >= 11 is 0. The molecule has 2 heteroatoms. The summed E-state index contributed by atoms with van der Waals surface area (Å²) in [5, 5.41) is 1.93. The highest BCUT2D eigenvalue weighted by Gasteiger charge is 2.03. The molecule has 0 radical (unpaired) electrons. The third kappa shape index (κ3) is 1.78. The lowest BCUT2D eigenvalue weighted by atomic mass is 10.0. The molecule has 0 aliphatic heterocycles. The van der Waals surface area contributed by atoms with Gasteiger partial charge in [-0.25, -0.2) is 0 Å². The highest BCUT2D eigenvalue weighted by Crippen LogP contribution is 2.25. The van der Waals surface area contributed by atoms with E-state index in [1.54, 1.807) is 6.20 Å². The SMILES string of the molecule is O=Cc1nccc2ccc(-c3ccccc3)cc12. The molecule has 0 amide bonds. The van der Waals surface area contributed by atoms with Crippen molar-refractivity contribution in [3.63, 3.8) is 0 Å². The molecule has 0 unspecified atom stereocenters. The molecule has 0 aliphatic carbocycles. The van der Waals surface area contributed by atoms with Crippen molar-refractivity contribution in [2.75, 3.05) is 0 Å². The van der Waals surface area contributed by atoms with Crippen LogP contribution in [0.1, 0.15) is 10.5 Å². The summed E-state index contributed by atoms with van der Waals surface area (Å²) in [5.41, 5.74) is 2.73. The predicted molar refractivity (Wildman–Crippen MR) is 72.6 cm³/mol. The molecule has 3 rings (SSSR count). The first-order chi connectivity index (χ1) is 8.88. The van der Waals surface area contributed by atoms with E-state index in [0.29, 0.717) is 5.69 Å². The van der Waals surface area contributed by atoms with E-state index in [4.69, 9.17) is 0 Å². The quantitative estimate of drug-likeness (QED) is 0.631. The Labute approximate surface area is 105 Å². The van der Waals surface area contributed by atoms with Gasteiger partial charge in [-0.3, -0.25) is 9.78 Å². The number of aldehydes is 1. The molecule has 0 bridgehead atoms. The third-order valence-corrected chi connectivity index (χ3v) is 3.02. The lowest BCUT2D eigenvalue weighted by molar-refractivity contribution is 0.112. The molecule has 0 atom stereocenters. The van der Waals surface area contributed by atoms with Crippen LogP contribution in [0.25, 0.3) is 21.9 Å². The van der Waals surface area contributed by atoms with Gasteiger partial charge in [-0.2, -0.15) is 0 Å². The molecule has 0 saturated carbocycles. The fourth-order valence-electron chi connectivity index (χ4n) is 2.09.